The van der Waals surface area contributed by atoms with Gasteiger partial charge in [0.2, 0.25) is 5.95 Å². The van der Waals surface area contributed by atoms with E-state index in [1.54, 1.807) is 12.1 Å². The predicted octanol–water partition coefficient (Wildman–Crippen LogP) is 3.76. The summed E-state index contributed by atoms with van der Waals surface area (Å²) < 4.78 is 20.4. The molecule has 9 heteroatoms. The molecule has 0 bridgehead atoms. The van der Waals surface area contributed by atoms with Gasteiger partial charge < -0.3 is 25.6 Å². The van der Waals surface area contributed by atoms with Gasteiger partial charge in [-0.1, -0.05) is 18.2 Å². The Morgan fingerprint density at radius 1 is 1.14 bits per heavy atom. The molecule has 0 radical (unpaired) electrons. The first-order valence-electron chi connectivity index (χ1n) is 12.2. The number of carbonyl (C=O) groups is 1. The highest BCUT2D eigenvalue weighted by atomic mass is 19.1. The number of anilines is 2. The zero-order valence-electron chi connectivity index (χ0n) is 21.1. The van der Waals surface area contributed by atoms with Crippen molar-refractivity contribution in [3.63, 3.8) is 0 Å². The minimum Gasteiger partial charge on any atom is -0.490 e. The molecular formula is C27H33FN6O2. The fourth-order valence-corrected chi connectivity index (χ4v) is 4.37. The lowest BCUT2D eigenvalue weighted by Crippen LogP contribution is -2.44. The highest BCUT2D eigenvalue weighted by Gasteiger charge is 2.18. The van der Waals surface area contributed by atoms with Crippen LogP contribution in [0.25, 0.3) is 11.3 Å². The third kappa shape index (κ3) is 6.16. The Labute approximate surface area is 211 Å². The van der Waals surface area contributed by atoms with E-state index in [9.17, 15) is 9.18 Å². The monoisotopic (exact) mass is 492 g/mol. The first kappa shape index (κ1) is 25.5. The molecule has 1 aliphatic rings. The maximum atomic E-state index is 14.7. The predicted molar refractivity (Wildman–Crippen MR) is 139 cm³/mol. The van der Waals surface area contributed by atoms with Crippen LogP contribution < -0.4 is 15.8 Å². The Balaban J connectivity index is 1.42. The Morgan fingerprint density at radius 3 is 2.53 bits per heavy atom. The van der Waals surface area contributed by atoms with Crippen LogP contribution in [-0.4, -0.2) is 72.1 Å². The van der Waals surface area contributed by atoms with Crippen LogP contribution in [0.1, 0.15) is 27.9 Å². The number of nitrogens with zero attached hydrogens (tertiary/aromatic N) is 4. The van der Waals surface area contributed by atoms with Gasteiger partial charge in [-0.15, -0.1) is 0 Å². The van der Waals surface area contributed by atoms with E-state index in [1.807, 2.05) is 32.0 Å². The molecule has 190 valence electrons. The number of aromatic nitrogens is 2. The number of benzene rings is 2. The van der Waals surface area contributed by atoms with E-state index in [0.717, 1.165) is 55.8 Å². The van der Waals surface area contributed by atoms with Crippen LogP contribution in [0, 0.1) is 19.7 Å². The summed E-state index contributed by atoms with van der Waals surface area (Å²) in [7, 11) is 2.13. The number of hydrogen-bond donors (Lipinski definition) is 2. The van der Waals surface area contributed by atoms with Crippen LogP contribution in [0.4, 0.5) is 16.0 Å². The van der Waals surface area contributed by atoms with E-state index in [-0.39, 0.29) is 17.3 Å². The SMILES string of the molecule is Cc1cccc(C)c1-c1nc(Nc2ccc(OCCCN3CCN(C)CC3)c(F)c2)ncc1C(N)=O. The molecule has 2 heterocycles. The van der Waals surface area contributed by atoms with Gasteiger partial charge in [0.1, 0.15) is 0 Å². The number of rotatable bonds is 9. The fraction of sp³-hybridized carbons (Fsp3) is 0.370. The molecule has 0 spiro atoms. The Bertz CT molecular complexity index is 1210. The molecule has 4 rings (SSSR count). The quantitative estimate of drug-likeness (QED) is 0.439. The van der Waals surface area contributed by atoms with Crippen molar-refractivity contribution in [3.05, 3.63) is 65.1 Å². The van der Waals surface area contributed by atoms with Crippen LogP contribution in [0.2, 0.25) is 0 Å². The standard InChI is InChI=1S/C27H33FN6O2/c1-18-6-4-7-19(2)24(18)25-21(26(29)35)17-30-27(32-25)31-20-8-9-23(22(28)16-20)36-15-5-10-34-13-11-33(3)12-14-34/h4,6-9,16-17H,5,10-15H2,1-3H3,(H2,29,35)(H,30,31,32). The number of piperazine rings is 1. The Hall–Kier alpha value is -3.56. The van der Waals surface area contributed by atoms with E-state index >= 15 is 0 Å². The van der Waals surface area contributed by atoms with E-state index in [2.05, 4.69) is 32.1 Å². The number of primary amides is 1. The molecule has 2 aromatic carbocycles. The highest BCUT2D eigenvalue weighted by Crippen LogP contribution is 2.30. The van der Waals surface area contributed by atoms with Gasteiger partial charge in [-0.25, -0.2) is 14.4 Å². The molecule has 1 fully saturated rings. The van der Waals surface area contributed by atoms with Crippen molar-refractivity contribution in [1.82, 2.24) is 19.8 Å². The summed E-state index contributed by atoms with van der Waals surface area (Å²) in [6.07, 6.45) is 2.23. The van der Waals surface area contributed by atoms with Crippen molar-refractivity contribution in [2.45, 2.75) is 20.3 Å². The topological polar surface area (TPSA) is 96.6 Å². The van der Waals surface area contributed by atoms with E-state index in [0.29, 0.717) is 18.0 Å². The van der Waals surface area contributed by atoms with Crippen molar-refractivity contribution in [2.24, 2.45) is 5.73 Å². The number of nitrogens with one attached hydrogen (secondary N) is 1. The van der Waals surface area contributed by atoms with Crippen molar-refractivity contribution < 1.29 is 13.9 Å². The number of carbonyl (C=O) groups excluding carboxylic acids is 1. The number of hydrogen-bond acceptors (Lipinski definition) is 7. The number of ether oxygens (including phenoxy) is 1. The molecule has 0 atom stereocenters. The number of amides is 1. The van der Waals surface area contributed by atoms with E-state index in [4.69, 9.17) is 10.5 Å². The van der Waals surface area contributed by atoms with Gasteiger partial charge in [-0.3, -0.25) is 4.79 Å². The van der Waals surface area contributed by atoms with Gasteiger partial charge in [-0.2, -0.15) is 0 Å². The maximum absolute atomic E-state index is 14.7. The average molecular weight is 493 g/mol. The van der Waals surface area contributed by atoms with Crippen LogP contribution >= 0.6 is 0 Å². The maximum Gasteiger partial charge on any atom is 0.252 e. The largest absolute Gasteiger partial charge is 0.490 e. The molecule has 8 nitrogen and oxygen atoms in total. The highest BCUT2D eigenvalue weighted by molar-refractivity contribution is 5.99. The molecule has 1 aromatic heterocycles. The van der Waals surface area contributed by atoms with Gasteiger partial charge in [0.15, 0.2) is 11.6 Å². The minimum absolute atomic E-state index is 0.208. The number of halogens is 1. The van der Waals surface area contributed by atoms with Crippen molar-refractivity contribution in [2.75, 3.05) is 51.7 Å². The zero-order valence-corrected chi connectivity index (χ0v) is 21.1. The molecule has 0 unspecified atom stereocenters. The van der Waals surface area contributed by atoms with Crippen molar-refractivity contribution >= 4 is 17.5 Å². The second-order valence-electron chi connectivity index (χ2n) is 9.20. The van der Waals surface area contributed by atoms with Gasteiger partial charge in [0, 0.05) is 56.2 Å². The summed E-state index contributed by atoms with van der Waals surface area (Å²) in [4.78, 5) is 25.5. The molecule has 36 heavy (non-hydrogen) atoms. The summed E-state index contributed by atoms with van der Waals surface area (Å²) in [5.41, 5.74) is 9.46. The smallest absolute Gasteiger partial charge is 0.252 e. The third-order valence-corrected chi connectivity index (χ3v) is 6.43. The van der Waals surface area contributed by atoms with Crippen LogP contribution in [0.3, 0.4) is 0 Å². The van der Waals surface area contributed by atoms with Crippen LogP contribution in [0.5, 0.6) is 5.75 Å². The van der Waals surface area contributed by atoms with Gasteiger partial charge in [-0.05, 0) is 50.6 Å². The summed E-state index contributed by atoms with van der Waals surface area (Å²) in [5, 5.41) is 3.02. The van der Waals surface area contributed by atoms with Crippen molar-refractivity contribution in [1.29, 1.82) is 0 Å². The van der Waals surface area contributed by atoms with Gasteiger partial charge in [0.25, 0.3) is 5.91 Å². The summed E-state index contributed by atoms with van der Waals surface area (Å²) in [5.74, 6) is -0.638. The van der Waals surface area contributed by atoms with Crippen LogP contribution in [-0.2, 0) is 0 Å². The van der Waals surface area contributed by atoms with Crippen molar-refractivity contribution in [3.8, 4) is 17.0 Å². The normalized spacial score (nSPS) is 14.6. The van der Waals surface area contributed by atoms with E-state index < -0.39 is 11.7 Å². The molecule has 3 N–H and O–H groups in total. The van der Waals surface area contributed by atoms with Gasteiger partial charge in [0.05, 0.1) is 17.9 Å². The first-order chi connectivity index (χ1) is 17.3. The average Bonchev–Trinajstić information content (AvgIpc) is 2.84. The second-order valence-corrected chi connectivity index (χ2v) is 9.20. The molecule has 3 aromatic rings. The number of aryl methyl sites for hydroxylation is 2. The number of likely N-dealkylation sites (N-methyl/N-ethyl adjacent to an activating group) is 1. The third-order valence-electron chi connectivity index (χ3n) is 6.43. The molecule has 1 saturated heterocycles. The molecule has 1 aliphatic heterocycles. The lowest BCUT2D eigenvalue weighted by Gasteiger charge is -2.32. The Morgan fingerprint density at radius 2 is 1.86 bits per heavy atom. The zero-order chi connectivity index (χ0) is 25.7. The lowest BCUT2D eigenvalue weighted by molar-refractivity contribution is 0.100. The van der Waals surface area contributed by atoms with Gasteiger partial charge >= 0.3 is 0 Å². The fourth-order valence-electron chi connectivity index (χ4n) is 4.37. The Kier molecular flexibility index (Phi) is 8.12. The molecular weight excluding hydrogens is 459 g/mol. The lowest BCUT2D eigenvalue weighted by atomic mass is 9.97. The first-order valence-corrected chi connectivity index (χ1v) is 12.2. The summed E-state index contributed by atoms with van der Waals surface area (Å²) in [6.45, 7) is 9.54. The molecule has 0 saturated carbocycles. The summed E-state index contributed by atoms with van der Waals surface area (Å²) >= 11 is 0. The van der Waals surface area contributed by atoms with E-state index in [1.165, 1.54) is 12.3 Å². The summed E-state index contributed by atoms with van der Waals surface area (Å²) in [6, 6.07) is 10.5. The van der Waals surface area contributed by atoms with Crippen LogP contribution in [0.15, 0.2) is 42.6 Å². The molecule has 1 amide bonds. The number of nitrogens with two attached hydrogens (primary N) is 1. The second kappa shape index (κ2) is 11.5. The minimum atomic E-state index is -0.612. The molecule has 0 aliphatic carbocycles.